The molecule has 152 valence electrons. The van der Waals surface area contributed by atoms with E-state index >= 15 is 0 Å². The van der Waals surface area contributed by atoms with Crippen LogP contribution < -0.4 is 15.4 Å². The topological polar surface area (TPSA) is 124 Å². The molecule has 0 spiro atoms. The fourth-order valence-corrected chi connectivity index (χ4v) is 3.37. The van der Waals surface area contributed by atoms with Gasteiger partial charge >= 0.3 is 0 Å². The zero-order valence-corrected chi connectivity index (χ0v) is 16.2. The summed E-state index contributed by atoms with van der Waals surface area (Å²) in [4.78, 5) is 28.2. The van der Waals surface area contributed by atoms with Gasteiger partial charge in [-0.1, -0.05) is 12.1 Å². The average molecular weight is 406 g/mol. The minimum Gasteiger partial charge on any atom is -0.497 e. The maximum atomic E-state index is 13.2. The molecule has 2 aromatic carbocycles. The molecule has 0 aliphatic carbocycles. The first-order chi connectivity index (χ1) is 14.5. The van der Waals surface area contributed by atoms with Crippen LogP contribution in [0.4, 0.5) is 17.3 Å². The molecule has 0 saturated heterocycles. The zero-order chi connectivity index (χ0) is 21.3. The van der Waals surface area contributed by atoms with Crippen molar-refractivity contribution in [2.45, 2.75) is 13.0 Å². The third-order valence-corrected chi connectivity index (χ3v) is 4.78. The van der Waals surface area contributed by atoms with Crippen LogP contribution in [0.3, 0.4) is 0 Å². The maximum absolute atomic E-state index is 13.2. The fraction of sp³-hybridized carbons (Fsp3) is 0.150. The molecule has 2 heterocycles. The van der Waals surface area contributed by atoms with Crippen LogP contribution in [0.25, 0.3) is 0 Å². The highest BCUT2D eigenvalue weighted by atomic mass is 16.6. The third kappa shape index (κ3) is 3.46. The highest BCUT2D eigenvalue weighted by Crippen LogP contribution is 2.36. The zero-order valence-electron chi connectivity index (χ0n) is 16.2. The molecule has 1 aliphatic heterocycles. The number of non-ortho nitro benzene ring substituents is 1. The number of ether oxygens (including phenoxy) is 1. The molecule has 0 bridgehead atoms. The molecule has 1 amide bonds. The average Bonchev–Trinajstić information content (AvgIpc) is 3.21. The van der Waals surface area contributed by atoms with Crippen molar-refractivity contribution in [1.82, 2.24) is 14.8 Å². The van der Waals surface area contributed by atoms with Gasteiger partial charge in [-0.25, -0.2) is 4.68 Å². The second-order valence-corrected chi connectivity index (χ2v) is 6.63. The van der Waals surface area contributed by atoms with Crippen molar-refractivity contribution in [3.8, 4) is 5.75 Å². The molecule has 30 heavy (non-hydrogen) atoms. The molecule has 1 aromatic heterocycles. The Hall–Kier alpha value is -4.21. The summed E-state index contributed by atoms with van der Waals surface area (Å²) in [5, 5.41) is 21.4. The Morgan fingerprint density at radius 1 is 1.27 bits per heavy atom. The van der Waals surface area contributed by atoms with E-state index in [1.807, 2.05) is 0 Å². The van der Waals surface area contributed by atoms with Gasteiger partial charge in [-0.2, -0.15) is 10.1 Å². The van der Waals surface area contributed by atoms with Crippen LogP contribution in [0.15, 0.2) is 66.1 Å². The van der Waals surface area contributed by atoms with Crippen LogP contribution in [-0.4, -0.2) is 32.7 Å². The van der Waals surface area contributed by atoms with Gasteiger partial charge in [0.25, 0.3) is 11.6 Å². The number of nitro groups is 1. The second-order valence-electron chi connectivity index (χ2n) is 6.63. The van der Waals surface area contributed by atoms with Crippen molar-refractivity contribution in [1.29, 1.82) is 0 Å². The van der Waals surface area contributed by atoms with E-state index in [1.165, 1.54) is 23.1 Å². The summed E-state index contributed by atoms with van der Waals surface area (Å²) in [6, 6.07) is 12.4. The number of allylic oxidation sites excluding steroid dienone is 1. The van der Waals surface area contributed by atoms with Crippen molar-refractivity contribution in [3.05, 3.63) is 81.8 Å². The molecule has 2 N–H and O–H groups in total. The lowest BCUT2D eigenvalue weighted by atomic mass is 9.94. The lowest BCUT2D eigenvalue weighted by Gasteiger charge is -2.28. The van der Waals surface area contributed by atoms with Gasteiger partial charge in [0.05, 0.1) is 17.6 Å². The van der Waals surface area contributed by atoms with Gasteiger partial charge in [-0.05, 0) is 36.8 Å². The number of nitro benzene ring substituents is 1. The van der Waals surface area contributed by atoms with Gasteiger partial charge < -0.3 is 15.4 Å². The van der Waals surface area contributed by atoms with Crippen LogP contribution in [0.5, 0.6) is 5.75 Å². The number of nitrogens with zero attached hydrogens (tertiary/aromatic N) is 4. The van der Waals surface area contributed by atoms with Crippen LogP contribution in [0.1, 0.15) is 18.5 Å². The summed E-state index contributed by atoms with van der Waals surface area (Å²) >= 11 is 0. The molecule has 0 fully saturated rings. The van der Waals surface area contributed by atoms with E-state index < -0.39 is 11.0 Å². The maximum Gasteiger partial charge on any atom is 0.269 e. The van der Waals surface area contributed by atoms with Gasteiger partial charge in [-0.3, -0.25) is 14.9 Å². The predicted octanol–water partition coefficient (Wildman–Crippen LogP) is 3.12. The number of benzene rings is 2. The Morgan fingerprint density at radius 2 is 2.03 bits per heavy atom. The van der Waals surface area contributed by atoms with Gasteiger partial charge in [0.2, 0.25) is 5.95 Å². The standard InChI is InChI=1S/C20H18N6O4/c1-12-17(19(27)24-14-6-8-16(30-2)9-7-14)18(25-20(23-12)21-11-22-25)13-4-3-5-15(10-13)26(28)29/h3-11,18H,1-2H3,(H,24,27)(H,21,22,23). The minimum absolute atomic E-state index is 0.0692. The molecule has 3 aromatic rings. The summed E-state index contributed by atoms with van der Waals surface area (Å²) < 4.78 is 6.67. The van der Waals surface area contributed by atoms with E-state index in [9.17, 15) is 14.9 Å². The van der Waals surface area contributed by atoms with Crippen LogP contribution in [0, 0.1) is 10.1 Å². The fourth-order valence-electron chi connectivity index (χ4n) is 3.37. The van der Waals surface area contributed by atoms with Crippen LogP contribution >= 0.6 is 0 Å². The first kappa shape index (κ1) is 19.1. The Bertz CT molecular complexity index is 1150. The van der Waals surface area contributed by atoms with Gasteiger partial charge in [-0.15, -0.1) is 0 Å². The van der Waals surface area contributed by atoms with Crippen molar-refractivity contribution < 1.29 is 14.5 Å². The third-order valence-electron chi connectivity index (χ3n) is 4.78. The van der Waals surface area contributed by atoms with E-state index in [-0.39, 0.29) is 11.6 Å². The van der Waals surface area contributed by atoms with Crippen LogP contribution in [-0.2, 0) is 4.79 Å². The number of hydrogen-bond acceptors (Lipinski definition) is 7. The summed E-state index contributed by atoms with van der Waals surface area (Å²) in [6.07, 6.45) is 1.37. The summed E-state index contributed by atoms with van der Waals surface area (Å²) in [7, 11) is 1.56. The summed E-state index contributed by atoms with van der Waals surface area (Å²) in [5.41, 5.74) is 2.03. The SMILES string of the molecule is COc1ccc(NC(=O)C2=C(C)Nc3ncnn3C2c2cccc([N+](=O)[O-])c2)cc1. The number of carbonyl (C=O) groups is 1. The molecule has 1 unspecified atom stereocenters. The number of nitrogens with one attached hydrogen (secondary N) is 2. The lowest BCUT2D eigenvalue weighted by molar-refractivity contribution is -0.384. The molecule has 0 radical (unpaired) electrons. The lowest BCUT2D eigenvalue weighted by Crippen LogP contribution is -2.31. The van der Waals surface area contributed by atoms with Gasteiger partial charge in [0.1, 0.15) is 18.1 Å². The van der Waals surface area contributed by atoms with E-state index in [0.29, 0.717) is 34.2 Å². The first-order valence-electron chi connectivity index (χ1n) is 9.05. The smallest absolute Gasteiger partial charge is 0.269 e. The van der Waals surface area contributed by atoms with E-state index in [0.717, 1.165) is 0 Å². The quantitative estimate of drug-likeness (QED) is 0.493. The molecule has 1 aliphatic rings. The van der Waals surface area contributed by atoms with Crippen molar-refractivity contribution in [2.24, 2.45) is 0 Å². The second kappa shape index (κ2) is 7.66. The minimum atomic E-state index is -0.679. The molecular weight excluding hydrogens is 388 g/mol. The molecule has 10 heteroatoms. The predicted molar refractivity (Wildman–Crippen MR) is 109 cm³/mol. The summed E-state index contributed by atoms with van der Waals surface area (Å²) in [6.45, 7) is 1.76. The number of anilines is 2. The number of methoxy groups -OCH3 is 1. The largest absolute Gasteiger partial charge is 0.497 e. The highest BCUT2D eigenvalue weighted by molar-refractivity contribution is 6.06. The first-order valence-corrected chi connectivity index (χ1v) is 9.05. The number of fused-ring (bicyclic) bond motifs is 1. The number of hydrogen-bond donors (Lipinski definition) is 2. The monoisotopic (exact) mass is 406 g/mol. The normalized spacial score (nSPS) is 15.2. The Balaban J connectivity index is 1.74. The van der Waals surface area contributed by atoms with E-state index in [1.54, 1.807) is 50.4 Å². The number of rotatable bonds is 5. The molecular formula is C20H18N6O4. The van der Waals surface area contributed by atoms with Gasteiger partial charge in [0.15, 0.2) is 0 Å². The Labute approximate surface area is 171 Å². The molecule has 4 rings (SSSR count). The Morgan fingerprint density at radius 3 is 2.73 bits per heavy atom. The summed E-state index contributed by atoms with van der Waals surface area (Å²) in [5.74, 6) is 0.761. The Kier molecular flexibility index (Phi) is 4.88. The van der Waals surface area contributed by atoms with Gasteiger partial charge in [0, 0.05) is 23.5 Å². The molecule has 1 atom stereocenters. The number of aromatic nitrogens is 3. The number of amides is 1. The van der Waals surface area contributed by atoms with E-state index in [4.69, 9.17) is 4.74 Å². The molecule has 0 saturated carbocycles. The van der Waals surface area contributed by atoms with Crippen molar-refractivity contribution in [3.63, 3.8) is 0 Å². The van der Waals surface area contributed by atoms with Crippen molar-refractivity contribution in [2.75, 3.05) is 17.7 Å². The van der Waals surface area contributed by atoms with Crippen LogP contribution in [0.2, 0.25) is 0 Å². The number of carbonyl (C=O) groups excluding carboxylic acids is 1. The van der Waals surface area contributed by atoms with E-state index in [2.05, 4.69) is 20.7 Å². The molecule has 10 nitrogen and oxygen atoms in total. The highest BCUT2D eigenvalue weighted by Gasteiger charge is 2.34. The van der Waals surface area contributed by atoms with Crippen molar-refractivity contribution >= 4 is 23.2 Å².